The molecule has 3 heterocycles. The molecule has 5 rings (SSSR count). The van der Waals surface area contributed by atoms with E-state index in [1.807, 2.05) is 47.8 Å². The largest absolute Gasteiger partial charge is 0.323 e. The number of aromatic nitrogens is 4. The number of nitrogens with zero attached hydrogens (tertiary/aromatic N) is 4. The average Bonchev–Trinajstić information content (AvgIpc) is 3.42. The van der Waals surface area contributed by atoms with Gasteiger partial charge in [0, 0.05) is 27.0 Å². The Bertz CT molecular complexity index is 1410. The van der Waals surface area contributed by atoms with E-state index in [4.69, 9.17) is 28.3 Å². The third-order valence-corrected chi connectivity index (χ3v) is 5.84. The molecule has 0 atom stereocenters. The highest BCUT2D eigenvalue weighted by molar-refractivity contribution is 7.13. The molecule has 0 fully saturated rings. The SMILES string of the molecule is O=C(Nc1cc(Cl)cc(Cl)c1)Nc1cccc(-c2ccc3nnc(-c4cccs4)n3n2)c1. The fourth-order valence-electron chi connectivity index (χ4n) is 3.18. The van der Waals surface area contributed by atoms with Crippen LogP contribution in [0.25, 0.3) is 27.6 Å². The Labute approximate surface area is 196 Å². The zero-order valence-electron chi connectivity index (χ0n) is 16.3. The first-order chi connectivity index (χ1) is 15.5. The van der Waals surface area contributed by atoms with Gasteiger partial charge in [0.05, 0.1) is 10.6 Å². The Morgan fingerprint density at radius 3 is 2.47 bits per heavy atom. The minimum Gasteiger partial charge on any atom is -0.308 e. The van der Waals surface area contributed by atoms with Gasteiger partial charge >= 0.3 is 6.03 Å². The number of rotatable bonds is 4. The number of carbonyl (C=O) groups is 1. The van der Waals surface area contributed by atoms with Crippen LogP contribution in [0.15, 0.2) is 72.1 Å². The van der Waals surface area contributed by atoms with E-state index >= 15 is 0 Å². The van der Waals surface area contributed by atoms with Crippen molar-refractivity contribution in [2.75, 3.05) is 10.6 Å². The summed E-state index contributed by atoms with van der Waals surface area (Å²) >= 11 is 13.5. The average molecular weight is 481 g/mol. The molecule has 0 saturated heterocycles. The van der Waals surface area contributed by atoms with Crippen LogP contribution in [0.1, 0.15) is 0 Å². The van der Waals surface area contributed by atoms with E-state index in [0.717, 1.165) is 16.1 Å². The third kappa shape index (κ3) is 4.29. The fraction of sp³-hybridized carbons (Fsp3) is 0. The summed E-state index contributed by atoms with van der Waals surface area (Å²) in [5.41, 5.74) is 3.32. The quantitative estimate of drug-likeness (QED) is 0.308. The van der Waals surface area contributed by atoms with E-state index in [1.165, 1.54) is 0 Å². The smallest absolute Gasteiger partial charge is 0.308 e. The number of thiophene rings is 1. The van der Waals surface area contributed by atoms with Gasteiger partial charge in [0.1, 0.15) is 0 Å². The van der Waals surface area contributed by atoms with Crippen LogP contribution in [-0.4, -0.2) is 25.8 Å². The Hall–Kier alpha value is -3.46. The van der Waals surface area contributed by atoms with Crippen molar-refractivity contribution in [3.05, 3.63) is 82.2 Å². The first kappa shape index (κ1) is 20.4. The molecule has 0 bridgehead atoms. The Morgan fingerprint density at radius 2 is 1.69 bits per heavy atom. The monoisotopic (exact) mass is 480 g/mol. The number of nitrogens with one attached hydrogen (secondary N) is 2. The zero-order chi connectivity index (χ0) is 22.1. The van der Waals surface area contributed by atoms with Gasteiger partial charge in [-0.15, -0.1) is 21.5 Å². The summed E-state index contributed by atoms with van der Waals surface area (Å²) in [6.45, 7) is 0. The van der Waals surface area contributed by atoms with Crippen molar-refractivity contribution in [3.8, 4) is 22.0 Å². The normalized spacial score (nSPS) is 10.9. The van der Waals surface area contributed by atoms with Crippen molar-refractivity contribution in [1.29, 1.82) is 0 Å². The number of carbonyl (C=O) groups excluding carboxylic acids is 1. The second kappa shape index (κ2) is 8.58. The summed E-state index contributed by atoms with van der Waals surface area (Å²) in [6, 6.07) is 19.5. The number of hydrogen-bond donors (Lipinski definition) is 2. The number of benzene rings is 2. The van der Waals surface area contributed by atoms with E-state index < -0.39 is 6.03 Å². The van der Waals surface area contributed by atoms with E-state index in [1.54, 1.807) is 40.1 Å². The third-order valence-electron chi connectivity index (χ3n) is 4.54. The highest BCUT2D eigenvalue weighted by Gasteiger charge is 2.12. The van der Waals surface area contributed by atoms with E-state index in [-0.39, 0.29) is 0 Å². The molecule has 158 valence electrons. The van der Waals surface area contributed by atoms with Gasteiger partial charge in [-0.05, 0) is 53.9 Å². The second-order valence-corrected chi connectivity index (χ2v) is 8.63. The summed E-state index contributed by atoms with van der Waals surface area (Å²) in [4.78, 5) is 13.4. The molecule has 3 aromatic heterocycles. The predicted molar refractivity (Wildman–Crippen MR) is 129 cm³/mol. The van der Waals surface area contributed by atoms with Crippen molar-refractivity contribution in [2.45, 2.75) is 0 Å². The maximum atomic E-state index is 12.4. The van der Waals surface area contributed by atoms with Gasteiger partial charge in [-0.3, -0.25) is 0 Å². The van der Waals surface area contributed by atoms with Gasteiger partial charge in [-0.1, -0.05) is 41.4 Å². The van der Waals surface area contributed by atoms with Crippen LogP contribution in [-0.2, 0) is 0 Å². The molecular weight excluding hydrogens is 467 g/mol. The van der Waals surface area contributed by atoms with Crippen LogP contribution in [0.5, 0.6) is 0 Å². The summed E-state index contributed by atoms with van der Waals surface area (Å²) in [7, 11) is 0. The maximum absolute atomic E-state index is 12.4. The number of anilines is 2. The van der Waals surface area contributed by atoms with Crippen LogP contribution in [0, 0.1) is 0 Å². The van der Waals surface area contributed by atoms with Crippen LogP contribution in [0.2, 0.25) is 10.0 Å². The predicted octanol–water partition coefficient (Wildman–Crippen LogP) is 6.47. The molecule has 7 nitrogen and oxygen atoms in total. The standard InChI is InChI=1S/C22H14Cl2N6OS/c23-14-10-15(24)12-17(11-14)26-22(31)25-16-4-1-3-13(9-16)18-6-7-20-27-28-21(30(20)29-18)19-5-2-8-32-19/h1-12H,(H2,25,26,31). The van der Waals surface area contributed by atoms with Crippen molar-refractivity contribution in [2.24, 2.45) is 0 Å². The first-order valence-corrected chi connectivity index (χ1v) is 11.1. The molecule has 5 aromatic rings. The molecule has 32 heavy (non-hydrogen) atoms. The van der Waals surface area contributed by atoms with Gasteiger partial charge in [-0.2, -0.15) is 9.61 Å². The molecular formula is C22H14Cl2N6OS. The van der Waals surface area contributed by atoms with Crippen LogP contribution < -0.4 is 10.6 Å². The van der Waals surface area contributed by atoms with Crippen molar-refractivity contribution >= 4 is 57.6 Å². The topological polar surface area (TPSA) is 84.2 Å². The zero-order valence-corrected chi connectivity index (χ0v) is 18.6. The summed E-state index contributed by atoms with van der Waals surface area (Å²) in [6.07, 6.45) is 0. The molecule has 2 amide bonds. The Kier molecular flexibility index (Phi) is 5.48. The molecule has 0 spiro atoms. The summed E-state index contributed by atoms with van der Waals surface area (Å²) in [5.74, 6) is 0.686. The lowest BCUT2D eigenvalue weighted by Crippen LogP contribution is -2.19. The molecule has 0 saturated carbocycles. The number of hydrogen-bond acceptors (Lipinski definition) is 5. The fourth-order valence-corrected chi connectivity index (χ4v) is 4.40. The summed E-state index contributed by atoms with van der Waals surface area (Å²) in [5, 5.41) is 21.6. The van der Waals surface area contributed by atoms with Crippen LogP contribution >= 0.6 is 34.5 Å². The van der Waals surface area contributed by atoms with Gasteiger partial charge in [0.25, 0.3) is 0 Å². The molecule has 0 radical (unpaired) electrons. The molecule has 2 N–H and O–H groups in total. The minimum absolute atomic E-state index is 0.414. The molecule has 0 unspecified atom stereocenters. The molecule has 0 aliphatic rings. The lowest BCUT2D eigenvalue weighted by Gasteiger charge is -2.10. The van der Waals surface area contributed by atoms with Crippen LogP contribution in [0.3, 0.4) is 0 Å². The number of urea groups is 1. The molecule has 2 aromatic carbocycles. The van der Waals surface area contributed by atoms with E-state index in [0.29, 0.717) is 32.9 Å². The highest BCUT2D eigenvalue weighted by Crippen LogP contribution is 2.26. The number of fused-ring (bicyclic) bond motifs is 1. The molecule has 0 aliphatic carbocycles. The van der Waals surface area contributed by atoms with E-state index in [2.05, 4.69) is 20.8 Å². The highest BCUT2D eigenvalue weighted by atomic mass is 35.5. The van der Waals surface area contributed by atoms with Gasteiger partial charge in [-0.25, -0.2) is 4.79 Å². The van der Waals surface area contributed by atoms with Crippen molar-refractivity contribution < 1.29 is 4.79 Å². The lowest BCUT2D eigenvalue weighted by atomic mass is 10.1. The van der Waals surface area contributed by atoms with Gasteiger partial charge in [0.15, 0.2) is 11.5 Å². The Balaban J connectivity index is 1.39. The van der Waals surface area contributed by atoms with Crippen LogP contribution in [0.4, 0.5) is 16.2 Å². The van der Waals surface area contributed by atoms with Crippen molar-refractivity contribution in [3.63, 3.8) is 0 Å². The number of amides is 2. The number of halogens is 2. The second-order valence-electron chi connectivity index (χ2n) is 6.81. The first-order valence-electron chi connectivity index (χ1n) is 9.46. The van der Waals surface area contributed by atoms with Gasteiger partial charge < -0.3 is 10.6 Å². The maximum Gasteiger partial charge on any atom is 0.323 e. The van der Waals surface area contributed by atoms with E-state index in [9.17, 15) is 4.79 Å². The van der Waals surface area contributed by atoms with Gasteiger partial charge in [0.2, 0.25) is 0 Å². The van der Waals surface area contributed by atoms with Crippen molar-refractivity contribution in [1.82, 2.24) is 19.8 Å². The molecule has 0 aliphatic heterocycles. The lowest BCUT2D eigenvalue weighted by molar-refractivity contribution is 0.262. The Morgan fingerprint density at radius 1 is 0.875 bits per heavy atom. The minimum atomic E-state index is -0.414. The molecule has 10 heteroatoms. The summed E-state index contributed by atoms with van der Waals surface area (Å²) < 4.78 is 1.72.